The highest BCUT2D eigenvalue weighted by atomic mass is 19.2. The van der Waals surface area contributed by atoms with Gasteiger partial charge in [0.1, 0.15) is 0 Å². The summed E-state index contributed by atoms with van der Waals surface area (Å²) in [6, 6.07) is 0. The minimum atomic E-state index is -2.15. The van der Waals surface area contributed by atoms with Crippen molar-refractivity contribution in [2.45, 2.75) is 58.0 Å². The van der Waals surface area contributed by atoms with E-state index in [9.17, 15) is 22.0 Å². The van der Waals surface area contributed by atoms with Gasteiger partial charge in [0, 0.05) is 6.61 Å². The van der Waals surface area contributed by atoms with Crippen molar-refractivity contribution >= 4 is 0 Å². The van der Waals surface area contributed by atoms with Crippen LogP contribution in [0, 0.1) is 29.1 Å². The van der Waals surface area contributed by atoms with E-state index in [1.165, 1.54) is 6.42 Å². The Morgan fingerprint density at radius 3 is 1.67 bits per heavy atom. The SMILES string of the molecule is C=CCCCCCCCCCOCc1c(F)c(F)c(F)c(F)c1F. The van der Waals surface area contributed by atoms with Crippen LogP contribution in [0.5, 0.6) is 0 Å². The fourth-order valence-electron chi connectivity index (χ4n) is 2.33. The van der Waals surface area contributed by atoms with Gasteiger partial charge in [0.2, 0.25) is 5.82 Å². The number of benzene rings is 1. The summed E-state index contributed by atoms with van der Waals surface area (Å²) < 4.78 is 70.7. The van der Waals surface area contributed by atoms with E-state index in [0.29, 0.717) is 6.42 Å². The fraction of sp³-hybridized carbons (Fsp3) is 0.556. The summed E-state index contributed by atoms with van der Waals surface area (Å²) in [5, 5.41) is 0. The number of rotatable bonds is 12. The molecule has 0 unspecified atom stereocenters. The molecule has 0 saturated carbocycles. The van der Waals surface area contributed by atoms with Crippen molar-refractivity contribution in [1.82, 2.24) is 0 Å². The van der Waals surface area contributed by atoms with E-state index in [4.69, 9.17) is 4.74 Å². The third-order valence-electron chi connectivity index (χ3n) is 3.74. The lowest BCUT2D eigenvalue weighted by atomic mass is 10.1. The molecule has 0 saturated heterocycles. The number of unbranched alkanes of at least 4 members (excludes halogenated alkanes) is 7. The normalized spacial score (nSPS) is 11.0. The highest BCUT2D eigenvalue weighted by Gasteiger charge is 2.25. The first-order valence-corrected chi connectivity index (χ1v) is 8.19. The maximum Gasteiger partial charge on any atom is 0.200 e. The molecular weight excluding hydrogens is 327 g/mol. The molecule has 0 aliphatic carbocycles. The molecule has 1 aromatic carbocycles. The predicted octanol–water partition coefficient (Wildman–Crippen LogP) is 6.21. The van der Waals surface area contributed by atoms with Gasteiger partial charge in [-0.25, -0.2) is 22.0 Å². The van der Waals surface area contributed by atoms with Crippen LogP contribution < -0.4 is 0 Å². The predicted molar refractivity (Wildman–Crippen MR) is 83.0 cm³/mol. The average Bonchev–Trinajstić information content (AvgIpc) is 2.58. The zero-order valence-electron chi connectivity index (χ0n) is 13.7. The Hall–Kier alpha value is -1.43. The molecule has 0 aliphatic heterocycles. The monoisotopic (exact) mass is 350 g/mol. The summed E-state index contributed by atoms with van der Waals surface area (Å²) in [5.41, 5.74) is -0.923. The largest absolute Gasteiger partial charge is 0.377 e. The van der Waals surface area contributed by atoms with Crippen LogP contribution in [0.2, 0.25) is 0 Å². The Morgan fingerprint density at radius 1 is 0.667 bits per heavy atom. The van der Waals surface area contributed by atoms with Crippen molar-refractivity contribution in [3.63, 3.8) is 0 Å². The molecule has 1 aromatic rings. The zero-order chi connectivity index (χ0) is 17.9. The van der Waals surface area contributed by atoms with Gasteiger partial charge in [-0.15, -0.1) is 6.58 Å². The molecule has 0 bridgehead atoms. The molecule has 24 heavy (non-hydrogen) atoms. The maximum absolute atomic E-state index is 13.4. The van der Waals surface area contributed by atoms with Crippen LogP contribution >= 0.6 is 0 Å². The average molecular weight is 350 g/mol. The first-order chi connectivity index (χ1) is 11.5. The summed E-state index contributed by atoms with van der Waals surface area (Å²) in [5.74, 6) is -9.69. The molecule has 136 valence electrons. The lowest BCUT2D eigenvalue weighted by molar-refractivity contribution is 0.110. The highest BCUT2D eigenvalue weighted by Crippen LogP contribution is 2.23. The Labute approximate surface area is 139 Å². The number of allylic oxidation sites excluding steroid dienone is 1. The number of hydrogen-bond acceptors (Lipinski definition) is 1. The van der Waals surface area contributed by atoms with Gasteiger partial charge in [-0.2, -0.15) is 0 Å². The summed E-state index contributed by atoms with van der Waals surface area (Å²) >= 11 is 0. The Balaban J connectivity index is 2.21. The summed E-state index contributed by atoms with van der Waals surface area (Å²) in [4.78, 5) is 0. The Bertz CT molecular complexity index is 502. The van der Waals surface area contributed by atoms with Crippen molar-refractivity contribution in [2.75, 3.05) is 6.61 Å². The minimum absolute atomic E-state index is 0.218. The second-order valence-electron chi connectivity index (χ2n) is 5.65. The van der Waals surface area contributed by atoms with Crippen LogP contribution in [0.4, 0.5) is 22.0 Å². The van der Waals surface area contributed by atoms with Crippen LogP contribution in [-0.2, 0) is 11.3 Å². The van der Waals surface area contributed by atoms with E-state index in [1.807, 2.05) is 6.08 Å². The molecule has 0 heterocycles. The molecule has 0 atom stereocenters. The Morgan fingerprint density at radius 2 is 1.12 bits per heavy atom. The van der Waals surface area contributed by atoms with E-state index < -0.39 is 41.3 Å². The van der Waals surface area contributed by atoms with Crippen LogP contribution in [0.3, 0.4) is 0 Å². The fourth-order valence-corrected chi connectivity index (χ4v) is 2.33. The van der Waals surface area contributed by atoms with Gasteiger partial charge in [0.15, 0.2) is 23.3 Å². The van der Waals surface area contributed by atoms with Crippen LogP contribution in [-0.4, -0.2) is 6.61 Å². The van der Waals surface area contributed by atoms with E-state index in [1.54, 1.807) is 0 Å². The second-order valence-corrected chi connectivity index (χ2v) is 5.65. The van der Waals surface area contributed by atoms with Gasteiger partial charge >= 0.3 is 0 Å². The smallest absolute Gasteiger partial charge is 0.200 e. The van der Waals surface area contributed by atoms with Crippen LogP contribution in [0.15, 0.2) is 12.7 Å². The van der Waals surface area contributed by atoms with Crippen LogP contribution in [0.25, 0.3) is 0 Å². The number of ether oxygens (including phenoxy) is 1. The zero-order valence-corrected chi connectivity index (χ0v) is 13.7. The van der Waals surface area contributed by atoms with Crippen LogP contribution in [0.1, 0.15) is 56.9 Å². The van der Waals surface area contributed by atoms with Crippen molar-refractivity contribution in [2.24, 2.45) is 0 Å². The summed E-state index contributed by atoms with van der Waals surface area (Å²) in [6.45, 7) is 3.25. The quantitative estimate of drug-likeness (QED) is 0.143. The number of halogens is 5. The van der Waals surface area contributed by atoms with Gasteiger partial charge in [0.25, 0.3) is 0 Å². The first kappa shape index (κ1) is 20.6. The van der Waals surface area contributed by atoms with Crippen molar-refractivity contribution in [3.05, 3.63) is 47.3 Å². The molecule has 0 aromatic heterocycles. The lowest BCUT2D eigenvalue weighted by Gasteiger charge is -2.09. The van der Waals surface area contributed by atoms with Gasteiger partial charge in [0.05, 0.1) is 12.2 Å². The van der Waals surface area contributed by atoms with Crippen molar-refractivity contribution in [1.29, 1.82) is 0 Å². The number of hydrogen-bond donors (Lipinski definition) is 0. The summed E-state index contributed by atoms with van der Waals surface area (Å²) in [7, 11) is 0. The van der Waals surface area contributed by atoms with E-state index in [-0.39, 0.29) is 6.61 Å². The highest BCUT2D eigenvalue weighted by molar-refractivity contribution is 5.23. The van der Waals surface area contributed by atoms with E-state index in [0.717, 1.165) is 38.5 Å². The third kappa shape index (κ3) is 6.23. The lowest BCUT2D eigenvalue weighted by Crippen LogP contribution is -2.09. The van der Waals surface area contributed by atoms with Gasteiger partial charge in [-0.1, -0.05) is 38.2 Å². The molecule has 0 amide bonds. The molecule has 6 heteroatoms. The third-order valence-corrected chi connectivity index (χ3v) is 3.74. The molecule has 0 N–H and O–H groups in total. The molecule has 0 fully saturated rings. The maximum atomic E-state index is 13.4. The van der Waals surface area contributed by atoms with Gasteiger partial charge in [-0.05, 0) is 19.3 Å². The van der Waals surface area contributed by atoms with Gasteiger partial charge in [-0.3, -0.25) is 0 Å². The molecule has 0 radical (unpaired) electrons. The molecule has 0 aliphatic rings. The Kier molecular flexibility index (Phi) is 9.60. The minimum Gasteiger partial charge on any atom is -0.377 e. The van der Waals surface area contributed by atoms with Gasteiger partial charge < -0.3 is 4.74 Å². The molecule has 0 spiro atoms. The second kappa shape index (κ2) is 11.2. The van der Waals surface area contributed by atoms with E-state index >= 15 is 0 Å². The molecule has 1 nitrogen and oxygen atoms in total. The molecule has 1 rings (SSSR count). The summed E-state index contributed by atoms with van der Waals surface area (Å²) in [6.07, 6.45) is 10.1. The van der Waals surface area contributed by atoms with E-state index in [2.05, 4.69) is 6.58 Å². The van der Waals surface area contributed by atoms with Crippen molar-refractivity contribution < 1.29 is 26.7 Å². The standard InChI is InChI=1S/C18H23F5O/c1-2-3-4-5-6-7-8-9-10-11-24-12-13-14(19)16(21)18(23)17(22)15(13)20/h2H,1,3-12H2. The van der Waals surface area contributed by atoms with Crippen molar-refractivity contribution in [3.8, 4) is 0 Å². The topological polar surface area (TPSA) is 9.23 Å². The molecular formula is C18H23F5O. The first-order valence-electron chi connectivity index (χ1n) is 8.19.